The van der Waals surface area contributed by atoms with Gasteiger partial charge in [-0.3, -0.25) is 9.69 Å². The average molecular weight is 374 g/mol. The van der Waals surface area contributed by atoms with Crippen LogP contribution in [0.3, 0.4) is 0 Å². The normalized spacial score (nSPS) is 24.9. The van der Waals surface area contributed by atoms with Crippen LogP contribution in [0.25, 0.3) is 0 Å². The first-order chi connectivity index (χ1) is 12.9. The molecule has 0 spiro atoms. The Morgan fingerprint density at radius 3 is 2.63 bits per heavy atom. The quantitative estimate of drug-likeness (QED) is 0.823. The van der Waals surface area contributed by atoms with E-state index in [2.05, 4.69) is 22.5 Å². The standard InChI is InChI=1S/C20H30N4O3/c1-4-14-5-7-15(8-6-14)21-20(26)22-16-9-17-13-27-18(12-24(17)11-16)10-19(25)23(2)3/h5-8,16-18H,4,9-13H2,1-3H3,(H2,21,22,26). The van der Waals surface area contributed by atoms with E-state index in [9.17, 15) is 9.59 Å². The van der Waals surface area contributed by atoms with Gasteiger partial charge in [0.15, 0.2) is 0 Å². The number of carbonyl (C=O) groups excluding carboxylic acids is 2. The minimum atomic E-state index is -0.177. The van der Waals surface area contributed by atoms with Gasteiger partial charge in [0.1, 0.15) is 0 Å². The lowest BCUT2D eigenvalue weighted by Crippen LogP contribution is -2.47. The highest BCUT2D eigenvalue weighted by Crippen LogP contribution is 2.24. The van der Waals surface area contributed by atoms with Gasteiger partial charge in [0.05, 0.1) is 19.1 Å². The SMILES string of the molecule is CCc1ccc(NC(=O)NC2CC3COC(CC(=O)N(C)C)CN3C2)cc1. The van der Waals surface area contributed by atoms with Crippen molar-refractivity contribution in [2.24, 2.45) is 0 Å². The van der Waals surface area contributed by atoms with E-state index in [-0.39, 0.29) is 24.1 Å². The van der Waals surface area contributed by atoms with Gasteiger partial charge in [-0.05, 0) is 30.5 Å². The molecule has 2 saturated heterocycles. The molecule has 3 amide bonds. The summed E-state index contributed by atoms with van der Waals surface area (Å²) in [6.45, 7) is 4.25. The summed E-state index contributed by atoms with van der Waals surface area (Å²) >= 11 is 0. The maximum Gasteiger partial charge on any atom is 0.319 e. The lowest BCUT2D eigenvalue weighted by molar-refractivity contribution is -0.134. The van der Waals surface area contributed by atoms with Crippen molar-refractivity contribution in [2.45, 2.75) is 44.4 Å². The van der Waals surface area contributed by atoms with E-state index >= 15 is 0 Å². The molecule has 2 fully saturated rings. The van der Waals surface area contributed by atoms with Crippen LogP contribution in [0.15, 0.2) is 24.3 Å². The highest BCUT2D eigenvalue weighted by molar-refractivity contribution is 5.89. The second-order valence-electron chi connectivity index (χ2n) is 7.64. The number of ether oxygens (including phenoxy) is 1. The second-order valence-corrected chi connectivity index (χ2v) is 7.64. The maximum atomic E-state index is 12.3. The Bertz CT molecular complexity index is 662. The van der Waals surface area contributed by atoms with Crippen molar-refractivity contribution in [3.63, 3.8) is 0 Å². The van der Waals surface area contributed by atoms with Gasteiger partial charge in [0.25, 0.3) is 0 Å². The summed E-state index contributed by atoms with van der Waals surface area (Å²) in [6, 6.07) is 8.13. The molecule has 2 aliphatic heterocycles. The number of rotatable bonds is 5. The number of urea groups is 1. The van der Waals surface area contributed by atoms with Gasteiger partial charge in [-0.1, -0.05) is 19.1 Å². The van der Waals surface area contributed by atoms with E-state index in [0.717, 1.165) is 31.6 Å². The first-order valence-electron chi connectivity index (χ1n) is 9.67. The number of morpholine rings is 1. The van der Waals surface area contributed by atoms with Crippen LogP contribution in [0.4, 0.5) is 10.5 Å². The maximum absolute atomic E-state index is 12.3. The van der Waals surface area contributed by atoms with Crippen LogP contribution < -0.4 is 10.6 Å². The molecule has 2 heterocycles. The van der Waals surface area contributed by atoms with Gasteiger partial charge in [0, 0.05) is 45.0 Å². The molecule has 7 heteroatoms. The predicted octanol–water partition coefficient (Wildman–Crippen LogP) is 1.69. The van der Waals surface area contributed by atoms with Crippen molar-refractivity contribution in [1.29, 1.82) is 0 Å². The first-order valence-corrected chi connectivity index (χ1v) is 9.67. The zero-order valence-corrected chi connectivity index (χ0v) is 16.4. The van der Waals surface area contributed by atoms with E-state index in [4.69, 9.17) is 4.74 Å². The third-order valence-electron chi connectivity index (χ3n) is 5.35. The van der Waals surface area contributed by atoms with Gasteiger partial charge in [-0.25, -0.2) is 4.79 Å². The molecular weight excluding hydrogens is 344 g/mol. The van der Waals surface area contributed by atoms with Gasteiger partial charge in [-0.2, -0.15) is 0 Å². The summed E-state index contributed by atoms with van der Waals surface area (Å²) in [5.41, 5.74) is 2.04. The fourth-order valence-electron chi connectivity index (χ4n) is 3.72. The van der Waals surface area contributed by atoms with Crippen molar-refractivity contribution >= 4 is 17.6 Å². The third-order valence-corrected chi connectivity index (χ3v) is 5.35. The molecule has 1 aromatic rings. The van der Waals surface area contributed by atoms with E-state index in [1.807, 2.05) is 24.3 Å². The highest BCUT2D eigenvalue weighted by atomic mass is 16.5. The van der Waals surface area contributed by atoms with Crippen molar-refractivity contribution < 1.29 is 14.3 Å². The number of hydrogen-bond donors (Lipinski definition) is 2. The van der Waals surface area contributed by atoms with Crippen LogP contribution in [-0.2, 0) is 16.0 Å². The zero-order valence-electron chi connectivity index (χ0n) is 16.4. The number of fused-ring (bicyclic) bond motifs is 1. The average Bonchev–Trinajstić information content (AvgIpc) is 3.03. The molecule has 0 aromatic heterocycles. The van der Waals surface area contributed by atoms with Gasteiger partial charge in [0.2, 0.25) is 5.91 Å². The van der Waals surface area contributed by atoms with Crippen LogP contribution >= 0.6 is 0 Å². The number of aryl methyl sites for hydroxylation is 1. The van der Waals surface area contributed by atoms with Crippen LogP contribution in [0.5, 0.6) is 0 Å². The second kappa shape index (κ2) is 8.71. The fraction of sp³-hybridized carbons (Fsp3) is 0.600. The van der Waals surface area contributed by atoms with Crippen LogP contribution in [-0.4, -0.2) is 73.7 Å². The zero-order chi connectivity index (χ0) is 19.4. The first kappa shape index (κ1) is 19.6. The third kappa shape index (κ3) is 5.20. The monoisotopic (exact) mass is 374 g/mol. The number of nitrogens with zero attached hydrogens (tertiary/aromatic N) is 2. The van der Waals surface area contributed by atoms with Crippen LogP contribution in [0.1, 0.15) is 25.3 Å². The molecule has 3 rings (SSSR count). The Balaban J connectivity index is 1.46. The van der Waals surface area contributed by atoms with Crippen molar-refractivity contribution in [3.8, 4) is 0 Å². The lowest BCUT2D eigenvalue weighted by atomic mass is 10.1. The summed E-state index contributed by atoms with van der Waals surface area (Å²) in [4.78, 5) is 28.1. The summed E-state index contributed by atoms with van der Waals surface area (Å²) in [5.74, 6) is 0.0841. The van der Waals surface area contributed by atoms with Crippen molar-refractivity contribution in [3.05, 3.63) is 29.8 Å². The minimum Gasteiger partial charge on any atom is -0.375 e. The van der Waals surface area contributed by atoms with Crippen LogP contribution in [0, 0.1) is 0 Å². The Morgan fingerprint density at radius 2 is 1.96 bits per heavy atom. The number of benzene rings is 1. The molecule has 0 bridgehead atoms. The summed E-state index contributed by atoms with van der Waals surface area (Å²) in [5, 5.41) is 5.96. The molecular formula is C20H30N4O3. The van der Waals surface area contributed by atoms with Gasteiger partial charge >= 0.3 is 6.03 Å². The number of nitrogens with one attached hydrogen (secondary N) is 2. The molecule has 2 N–H and O–H groups in total. The summed E-state index contributed by atoms with van der Waals surface area (Å²) < 4.78 is 5.87. The number of anilines is 1. The van der Waals surface area contributed by atoms with Gasteiger partial charge < -0.3 is 20.3 Å². The molecule has 3 atom stereocenters. The Morgan fingerprint density at radius 1 is 1.22 bits per heavy atom. The molecule has 0 aliphatic carbocycles. The number of carbonyl (C=O) groups is 2. The largest absolute Gasteiger partial charge is 0.375 e. The number of hydrogen-bond acceptors (Lipinski definition) is 4. The molecule has 0 radical (unpaired) electrons. The summed E-state index contributed by atoms with van der Waals surface area (Å²) in [6.07, 6.45) is 2.19. The van der Waals surface area contributed by atoms with Crippen molar-refractivity contribution in [2.75, 3.05) is 39.1 Å². The predicted molar refractivity (Wildman–Crippen MR) is 105 cm³/mol. The molecule has 2 aliphatic rings. The molecule has 27 heavy (non-hydrogen) atoms. The van der Waals surface area contributed by atoms with E-state index in [1.165, 1.54) is 5.56 Å². The number of amides is 3. The van der Waals surface area contributed by atoms with E-state index in [1.54, 1.807) is 19.0 Å². The van der Waals surface area contributed by atoms with Crippen molar-refractivity contribution in [1.82, 2.24) is 15.1 Å². The molecule has 1 aromatic carbocycles. The van der Waals surface area contributed by atoms with Gasteiger partial charge in [-0.15, -0.1) is 0 Å². The fourth-order valence-corrected chi connectivity index (χ4v) is 3.72. The molecule has 0 saturated carbocycles. The van der Waals surface area contributed by atoms with Crippen LogP contribution in [0.2, 0.25) is 0 Å². The molecule has 3 unspecified atom stereocenters. The molecule has 7 nitrogen and oxygen atoms in total. The molecule has 148 valence electrons. The Hall–Kier alpha value is -2.12. The van der Waals surface area contributed by atoms with E-state index < -0.39 is 0 Å². The Labute approximate surface area is 161 Å². The highest BCUT2D eigenvalue weighted by Gasteiger charge is 2.38. The topological polar surface area (TPSA) is 73.9 Å². The van der Waals surface area contributed by atoms with E-state index in [0.29, 0.717) is 19.1 Å². The smallest absolute Gasteiger partial charge is 0.319 e. The summed E-state index contributed by atoms with van der Waals surface area (Å²) in [7, 11) is 3.52. The Kier molecular flexibility index (Phi) is 6.34. The minimum absolute atomic E-state index is 0.0687. The lowest BCUT2D eigenvalue weighted by Gasteiger charge is -2.35.